The highest BCUT2D eigenvalue weighted by atomic mass is 32.2. The lowest BCUT2D eigenvalue weighted by molar-refractivity contribution is -0.128. The van der Waals surface area contributed by atoms with Crippen LogP contribution in [0.1, 0.15) is 44.7 Å². The standard InChI is InChI=1S/C31H38N4O5S/c1-5-33-41(38,39)28-9-7-6-8-25(28)22-12-10-21(11-13-22)20-35-27-17-15-24(40-4)18-23(27)14-16-26(30(35)37)34-29(36)19-31(2,3)32/h6-13,15,17-18,26,33H,5,14,16,19-20,32H2,1-4H3,(H,34,36)/t26-/m1/s1. The van der Waals surface area contributed by atoms with Crippen molar-refractivity contribution in [1.82, 2.24) is 10.0 Å². The van der Waals surface area contributed by atoms with Gasteiger partial charge in [0.15, 0.2) is 0 Å². The molecule has 0 aromatic heterocycles. The number of sulfonamides is 1. The van der Waals surface area contributed by atoms with E-state index in [1.54, 1.807) is 57.0 Å². The molecular formula is C31H38N4O5S. The largest absolute Gasteiger partial charge is 0.497 e. The van der Waals surface area contributed by atoms with Gasteiger partial charge in [0, 0.05) is 29.8 Å². The van der Waals surface area contributed by atoms with Crippen LogP contribution >= 0.6 is 0 Å². The number of amides is 2. The third-order valence-electron chi connectivity index (χ3n) is 6.91. The molecule has 1 aliphatic rings. The van der Waals surface area contributed by atoms with E-state index >= 15 is 0 Å². The molecule has 0 saturated carbocycles. The number of nitrogens with zero attached hydrogens (tertiary/aromatic N) is 1. The van der Waals surface area contributed by atoms with Gasteiger partial charge in [-0.25, -0.2) is 13.1 Å². The number of rotatable bonds is 10. The summed E-state index contributed by atoms with van der Waals surface area (Å²) in [6.07, 6.45) is 1.13. The third-order valence-corrected chi connectivity index (χ3v) is 8.52. The van der Waals surface area contributed by atoms with Gasteiger partial charge in [0.05, 0.1) is 18.6 Å². The van der Waals surface area contributed by atoms with Gasteiger partial charge < -0.3 is 20.7 Å². The van der Waals surface area contributed by atoms with E-state index < -0.39 is 21.6 Å². The first-order valence-electron chi connectivity index (χ1n) is 13.7. The number of methoxy groups -OCH3 is 1. The van der Waals surface area contributed by atoms with Crippen LogP contribution in [-0.2, 0) is 32.6 Å². The van der Waals surface area contributed by atoms with E-state index in [1.165, 1.54) is 0 Å². The van der Waals surface area contributed by atoms with Crippen molar-refractivity contribution in [3.63, 3.8) is 0 Å². The number of carbonyl (C=O) groups is 2. The molecule has 41 heavy (non-hydrogen) atoms. The number of hydrogen-bond donors (Lipinski definition) is 3. The summed E-state index contributed by atoms with van der Waals surface area (Å²) in [7, 11) is -2.06. The number of fused-ring (bicyclic) bond motifs is 1. The summed E-state index contributed by atoms with van der Waals surface area (Å²) < 4.78 is 33.5. The summed E-state index contributed by atoms with van der Waals surface area (Å²) in [6.45, 7) is 5.84. The molecule has 0 spiro atoms. The molecule has 0 radical (unpaired) electrons. The van der Waals surface area contributed by atoms with Gasteiger partial charge in [-0.1, -0.05) is 49.4 Å². The molecule has 3 aromatic rings. The quantitative estimate of drug-likeness (QED) is 0.336. The van der Waals surface area contributed by atoms with Crippen molar-refractivity contribution < 1.29 is 22.7 Å². The Morgan fingerprint density at radius 1 is 1.10 bits per heavy atom. The topological polar surface area (TPSA) is 131 Å². The van der Waals surface area contributed by atoms with Crippen molar-refractivity contribution in [3.8, 4) is 16.9 Å². The molecule has 218 valence electrons. The molecule has 1 heterocycles. The molecule has 3 aromatic carbocycles. The molecular weight excluding hydrogens is 540 g/mol. The van der Waals surface area contributed by atoms with Crippen LogP contribution < -0.4 is 25.4 Å². The first-order chi connectivity index (χ1) is 19.4. The van der Waals surface area contributed by atoms with Gasteiger partial charge in [-0.3, -0.25) is 9.59 Å². The van der Waals surface area contributed by atoms with Crippen LogP contribution in [0.5, 0.6) is 5.75 Å². The molecule has 4 rings (SSSR count). The summed E-state index contributed by atoms with van der Waals surface area (Å²) in [4.78, 5) is 28.5. The summed E-state index contributed by atoms with van der Waals surface area (Å²) in [5, 5.41) is 2.90. The monoisotopic (exact) mass is 578 g/mol. The molecule has 0 aliphatic carbocycles. The molecule has 1 aliphatic heterocycles. The maximum Gasteiger partial charge on any atom is 0.249 e. The van der Waals surface area contributed by atoms with Crippen LogP contribution in [0.3, 0.4) is 0 Å². The number of anilines is 1. The Labute approximate surface area is 242 Å². The molecule has 2 amide bonds. The van der Waals surface area contributed by atoms with Crippen LogP contribution in [0.4, 0.5) is 5.69 Å². The number of ether oxygens (including phenoxy) is 1. The Hall–Kier alpha value is -3.73. The zero-order valence-electron chi connectivity index (χ0n) is 23.9. The van der Waals surface area contributed by atoms with E-state index in [0.717, 1.165) is 22.4 Å². The van der Waals surface area contributed by atoms with Crippen LogP contribution in [-0.4, -0.2) is 45.5 Å². The van der Waals surface area contributed by atoms with E-state index in [1.807, 2.05) is 42.5 Å². The highest BCUT2D eigenvalue weighted by Crippen LogP contribution is 2.33. The normalized spacial score (nSPS) is 15.7. The fourth-order valence-electron chi connectivity index (χ4n) is 5.02. The van der Waals surface area contributed by atoms with E-state index in [2.05, 4.69) is 10.0 Å². The molecule has 9 nitrogen and oxygen atoms in total. The number of aryl methyl sites for hydroxylation is 1. The second-order valence-electron chi connectivity index (χ2n) is 10.9. The molecule has 0 bridgehead atoms. The summed E-state index contributed by atoms with van der Waals surface area (Å²) in [5.41, 5.74) is 9.24. The lowest BCUT2D eigenvalue weighted by Crippen LogP contribution is -2.49. The molecule has 10 heteroatoms. The van der Waals surface area contributed by atoms with Crippen LogP contribution in [0, 0.1) is 0 Å². The smallest absolute Gasteiger partial charge is 0.249 e. The minimum atomic E-state index is -3.66. The number of benzene rings is 3. The van der Waals surface area contributed by atoms with Crippen molar-refractivity contribution in [2.24, 2.45) is 5.73 Å². The lowest BCUT2D eigenvalue weighted by atomic mass is 10.0. The Morgan fingerprint density at radius 3 is 2.46 bits per heavy atom. The first-order valence-corrected chi connectivity index (χ1v) is 15.1. The zero-order valence-corrected chi connectivity index (χ0v) is 24.8. The summed E-state index contributed by atoms with van der Waals surface area (Å²) in [5.74, 6) is 0.220. The fourth-order valence-corrected chi connectivity index (χ4v) is 6.29. The lowest BCUT2D eigenvalue weighted by Gasteiger charge is -2.27. The van der Waals surface area contributed by atoms with Gasteiger partial charge in [-0.2, -0.15) is 0 Å². The maximum absolute atomic E-state index is 13.8. The minimum absolute atomic E-state index is 0.101. The van der Waals surface area contributed by atoms with Gasteiger partial charge in [0.25, 0.3) is 0 Å². The van der Waals surface area contributed by atoms with Gasteiger partial charge >= 0.3 is 0 Å². The van der Waals surface area contributed by atoms with Gasteiger partial charge in [0.2, 0.25) is 21.8 Å². The number of carbonyl (C=O) groups excluding carboxylic acids is 2. The Morgan fingerprint density at radius 2 is 1.80 bits per heavy atom. The highest BCUT2D eigenvalue weighted by molar-refractivity contribution is 7.89. The Kier molecular flexibility index (Phi) is 9.16. The van der Waals surface area contributed by atoms with E-state index in [4.69, 9.17) is 10.5 Å². The second-order valence-corrected chi connectivity index (χ2v) is 12.7. The van der Waals surface area contributed by atoms with E-state index in [-0.39, 0.29) is 36.2 Å². The molecule has 4 N–H and O–H groups in total. The predicted molar refractivity (Wildman–Crippen MR) is 160 cm³/mol. The SMILES string of the molecule is CCNS(=O)(=O)c1ccccc1-c1ccc(CN2C(=O)[C@H](NC(=O)CC(C)(C)N)CCc3cc(OC)ccc32)cc1. The van der Waals surface area contributed by atoms with E-state index in [9.17, 15) is 18.0 Å². The molecule has 0 fully saturated rings. The fraction of sp³-hybridized carbons (Fsp3) is 0.355. The number of hydrogen-bond acceptors (Lipinski definition) is 6. The van der Waals surface area contributed by atoms with Crippen molar-refractivity contribution >= 4 is 27.5 Å². The molecule has 1 atom stereocenters. The highest BCUT2D eigenvalue weighted by Gasteiger charge is 2.32. The number of nitrogens with one attached hydrogen (secondary N) is 2. The van der Waals surface area contributed by atoms with Crippen molar-refractivity contribution in [2.75, 3.05) is 18.6 Å². The predicted octanol–water partition coefficient (Wildman–Crippen LogP) is 3.75. The van der Waals surface area contributed by atoms with Gasteiger partial charge in [0.1, 0.15) is 11.8 Å². The third kappa shape index (κ3) is 7.32. The zero-order chi connectivity index (χ0) is 29.8. The maximum atomic E-state index is 13.8. The second kappa shape index (κ2) is 12.4. The van der Waals surface area contributed by atoms with Crippen LogP contribution in [0.15, 0.2) is 71.6 Å². The van der Waals surface area contributed by atoms with Gasteiger partial charge in [-0.05, 0) is 67.6 Å². The van der Waals surface area contributed by atoms with Crippen molar-refractivity contribution in [3.05, 3.63) is 77.9 Å². The average molecular weight is 579 g/mol. The van der Waals surface area contributed by atoms with Crippen molar-refractivity contribution in [1.29, 1.82) is 0 Å². The first kappa shape index (κ1) is 30.2. The minimum Gasteiger partial charge on any atom is -0.497 e. The number of nitrogens with two attached hydrogens (primary N) is 1. The summed E-state index contributed by atoms with van der Waals surface area (Å²) in [6, 6.07) is 19.3. The Balaban J connectivity index is 1.64. The molecule has 0 saturated heterocycles. The molecule has 0 unspecified atom stereocenters. The summed E-state index contributed by atoms with van der Waals surface area (Å²) >= 11 is 0. The average Bonchev–Trinajstić information content (AvgIpc) is 3.04. The van der Waals surface area contributed by atoms with Gasteiger partial charge in [-0.15, -0.1) is 0 Å². The Bertz CT molecular complexity index is 1510. The van der Waals surface area contributed by atoms with E-state index in [0.29, 0.717) is 24.2 Å². The van der Waals surface area contributed by atoms with Crippen LogP contribution in [0.25, 0.3) is 11.1 Å². The van der Waals surface area contributed by atoms with Crippen LogP contribution in [0.2, 0.25) is 0 Å². The van der Waals surface area contributed by atoms with Crippen molar-refractivity contribution in [2.45, 2.75) is 63.1 Å².